The number of aromatic nitrogens is 2. The molecule has 1 aromatic heterocycles. The van der Waals surface area contributed by atoms with Crippen molar-refractivity contribution < 1.29 is 5.11 Å². The number of nitrogens with zero attached hydrogens (tertiary/aromatic N) is 2. The molecule has 0 aliphatic heterocycles. The zero-order chi connectivity index (χ0) is 14.9. The second-order valence-corrected chi connectivity index (χ2v) is 6.86. The van der Waals surface area contributed by atoms with E-state index in [0.717, 1.165) is 35.9 Å². The molecule has 3 N–H and O–H groups in total. The van der Waals surface area contributed by atoms with Crippen LogP contribution in [0.25, 0.3) is 0 Å². The number of aryl methyl sites for hydroxylation is 1. The minimum atomic E-state index is -0.491. The van der Waals surface area contributed by atoms with E-state index in [1.165, 1.54) is 12.8 Å². The molecular weight excluding hydrogens is 250 g/mol. The van der Waals surface area contributed by atoms with Crippen molar-refractivity contribution in [1.82, 2.24) is 9.78 Å². The normalized spacial score (nSPS) is 28.9. The molecule has 2 rings (SSSR count). The SMILES string of the molecule is Cc1c(C(O)C2(CN)CCC(C(C)C)CC2)cnn1C. The van der Waals surface area contributed by atoms with Crippen molar-refractivity contribution in [2.24, 2.45) is 30.0 Å². The summed E-state index contributed by atoms with van der Waals surface area (Å²) in [5, 5.41) is 15.1. The summed E-state index contributed by atoms with van der Waals surface area (Å²) in [6.45, 7) is 7.15. The first-order chi connectivity index (χ1) is 9.41. The molecule has 0 bridgehead atoms. The van der Waals surface area contributed by atoms with Gasteiger partial charge in [0.15, 0.2) is 0 Å². The molecule has 1 saturated carbocycles. The number of aliphatic hydroxyl groups is 1. The van der Waals surface area contributed by atoms with Gasteiger partial charge in [-0.2, -0.15) is 5.10 Å². The number of rotatable bonds is 4. The Morgan fingerprint density at radius 3 is 2.45 bits per heavy atom. The fourth-order valence-corrected chi connectivity index (χ4v) is 3.58. The Morgan fingerprint density at radius 2 is 2.05 bits per heavy atom. The topological polar surface area (TPSA) is 64.1 Å². The highest BCUT2D eigenvalue weighted by molar-refractivity contribution is 5.22. The van der Waals surface area contributed by atoms with E-state index in [9.17, 15) is 5.11 Å². The van der Waals surface area contributed by atoms with Gasteiger partial charge in [-0.25, -0.2) is 0 Å². The van der Waals surface area contributed by atoms with E-state index in [4.69, 9.17) is 5.73 Å². The van der Waals surface area contributed by atoms with Gasteiger partial charge >= 0.3 is 0 Å². The Balaban J connectivity index is 2.18. The third kappa shape index (κ3) is 2.63. The van der Waals surface area contributed by atoms with Gasteiger partial charge in [-0.1, -0.05) is 13.8 Å². The Morgan fingerprint density at radius 1 is 1.45 bits per heavy atom. The molecule has 4 nitrogen and oxygen atoms in total. The van der Waals surface area contributed by atoms with E-state index in [1.54, 1.807) is 6.20 Å². The standard InChI is InChI=1S/C16H29N3O/c1-11(2)13-5-7-16(10-17,8-6-13)15(20)14-9-18-19(4)12(14)3/h9,11,13,15,20H,5-8,10,17H2,1-4H3. The predicted molar refractivity (Wildman–Crippen MR) is 81.2 cm³/mol. The van der Waals surface area contributed by atoms with Crippen LogP contribution in [0.1, 0.15) is 56.9 Å². The molecule has 1 fully saturated rings. The molecule has 114 valence electrons. The van der Waals surface area contributed by atoms with E-state index in [1.807, 2.05) is 18.7 Å². The van der Waals surface area contributed by atoms with Crippen LogP contribution in [-0.2, 0) is 7.05 Å². The van der Waals surface area contributed by atoms with Crippen LogP contribution in [0.2, 0.25) is 0 Å². The van der Waals surface area contributed by atoms with Crippen LogP contribution >= 0.6 is 0 Å². The molecule has 0 radical (unpaired) electrons. The Kier molecular flexibility index (Phi) is 4.55. The van der Waals surface area contributed by atoms with Crippen LogP contribution in [0, 0.1) is 24.2 Å². The van der Waals surface area contributed by atoms with Crippen LogP contribution in [-0.4, -0.2) is 21.4 Å². The maximum atomic E-state index is 10.9. The first-order valence-electron chi connectivity index (χ1n) is 7.78. The van der Waals surface area contributed by atoms with Crippen molar-refractivity contribution in [3.8, 4) is 0 Å². The smallest absolute Gasteiger partial charge is 0.0891 e. The molecule has 1 aromatic rings. The van der Waals surface area contributed by atoms with Crippen LogP contribution in [0.4, 0.5) is 0 Å². The summed E-state index contributed by atoms with van der Waals surface area (Å²) in [7, 11) is 1.91. The Hall–Kier alpha value is -0.870. The van der Waals surface area contributed by atoms with Gasteiger partial charge in [-0.3, -0.25) is 4.68 Å². The highest BCUT2D eigenvalue weighted by Gasteiger charge is 2.42. The lowest BCUT2D eigenvalue weighted by Gasteiger charge is -2.43. The van der Waals surface area contributed by atoms with Crippen LogP contribution in [0.15, 0.2) is 6.20 Å². The maximum absolute atomic E-state index is 10.9. The molecule has 0 amide bonds. The summed E-state index contributed by atoms with van der Waals surface area (Å²) in [6.07, 6.45) is 5.68. The van der Waals surface area contributed by atoms with Gasteiger partial charge in [0.25, 0.3) is 0 Å². The molecule has 1 heterocycles. The lowest BCUT2D eigenvalue weighted by molar-refractivity contribution is -0.0152. The first-order valence-corrected chi connectivity index (χ1v) is 7.78. The zero-order valence-corrected chi connectivity index (χ0v) is 13.3. The maximum Gasteiger partial charge on any atom is 0.0891 e. The van der Waals surface area contributed by atoms with Gasteiger partial charge < -0.3 is 10.8 Å². The summed E-state index contributed by atoms with van der Waals surface area (Å²) in [6, 6.07) is 0. The van der Waals surface area contributed by atoms with E-state index in [2.05, 4.69) is 18.9 Å². The summed E-state index contributed by atoms with van der Waals surface area (Å²) in [4.78, 5) is 0. The molecule has 1 aliphatic rings. The van der Waals surface area contributed by atoms with Crippen molar-refractivity contribution >= 4 is 0 Å². The summed E-state index contributed by atoms with van der Waals surface area (Å²) in [5.41, 5.74) is 7.88. The van der Waals surface area contributed by atoms with Gasteiger partial charge in [-0.15, -0.1) is 0 Å². The van der Waals surface area contributed by atoms with Crippen molar-refractivity contribution in [2.75, 3.05) is 6.54 Å². The average Bonchev–Trinajstić information content (AvgIpc) is 2.78. The summed E-state index contributed by atoms with van der Waals surface area (Å²) in [5.74, 6) is 1.50. The lowest BCUT2D eigenvalue weighted by Crippen LogP contribution is -2.41. The quantitative estimate of drug-likeness (QED) is 0.890. The summed E-state index contributed by atoms with van der Waals surface area (Å²) < 4.78 is 1.82. The van der Waals surface area contributed by atoms with E-state index < -0.39 is 6.10 Å². The van der Waals surface area contributed by atoms with Gasteiger partial charge in [0.05, 0.1) is 12.3 Å². The molecule has 1 atom stereocenters. The molecule has 1 aliphatic carbocycles. The molecule has 0 saturated heterocycles. The predicted octanol–water partition coefficient (Wildman–Crippen LogP) is 2.55. The van der Waals surface area contributed by atoms with Crippen molar-refractivity contribution in [3.05, 3.63) is 17.5 Å². The van der Waals surface area contributed by atoms with Crippen molar-refractivity contribution in [3.63, 3.8) is 0 Å². The largest absolute Gasteiger partial charge is 0.388 e. The monoisotopic (exact) mass is 279 g/mol. The highest BCUT2D eigenvalue weighted by atomic mass is 16.3. The van der Waals surface area contributed by atoms with Crippen LogP contribution in [0.5, 0.6) is 0 Å². The first kappa shape index (κ1) is 15.5. The second-order valence-electron chi connectivity index (χ2n) is 6.86. The van der Waals surface area contributed by atoms with Gasteiger partial charge in [0, 0.05) is 30.3 Å². The highest BCUT2D eigenvalue weighted by Crippen LogP contribution is 2.48. The minimum Gasteiger partial charge on any atom is -0.388 e. The molecule has 1 unspecified atom stereocenters. The average molecular weight is 279 g/mol. The molecule has 0 spiro atoms. The van der Waals surface area contributed by atoms with Gasteiger partial charge in [0.2, 0.25) is 0 Å². The van der Waals surface area contributed by atoms with Crippen molar-refractivity contribution in [1.29, 1.82) is 0 Å². The zero-order valence-electron chi connectivity index (χ0n) is 13.3. The van der Waals surface area contributed by atoms with Gasteiger partial charge in [0.1, 0.15) is 0 Å². The van der Waals surface area contributed by atoms with Gasteiger partial charge in [-0.05, 0) is 44.4 Å². The van der Waals surface area contributed by atoms with E-state index in [0.29, 0.717) is 6.54 Å². The molecule has 0 aromatic carbocycles. The van der Waals surface area contributed by atoms with E-state index >= 15 is 0 Å². The van der Waals surface area contributed by atoms with Crippen LogP contribution in [0.3, 0.4) is 0 Å². The fraction of sp³-hybridized carbons (Fsp3) is 0.812. The van der Waals surface area contributed by atoms with Crippen molar-refractivity contribution in [2.45, 2.75) is 52.6 Å². The fourth-order valence-electron chi connectivity index (χ4n) is 3.58. The Labute approximate surface area is 122 Å². The lowest BCUT2D eigenvalue weighted by atomic mass is 9.64. The second kappa shape index (κ2) is 5.86. The molecule has 20 heavy (non-hydrogen) atoms. The van der Waals surface area contributed by atoms with E-state index in [-0.39, 0.29) is 5.41 Å². The number of aliphatic hydroxyl groups excluding tert-OH is 1. The number of nitrogens with two attached hydrogens (primary N) is 1. The third-order valence-electron chi connectivity index (χ3n) is 5.52. The van der Waals surface area contributed by atoms with Crippen LogP contribution < -0.4 is 5.73 Å². The summed E-state index contributed by atoms with van der Waals surface area (Å²) >= 11 is 0. The Bertz CT molecular complexity index is 445. The molecular formula is C16H29N3O. The number of hydrogen-bond acceptors (Lipinski definition) is 3. The molecule has 4 heteroatoms. The third-order valence-corrected chi connectivity index (χ3v) is 5.52. The number of hydrogen-bond donors (Lipinski definition) is 2. The minimum absolute atomic E-state index is 0.167.